The van der Waals surface area contributed by atoms with Gasteiger partial charge >= 0.3 is 0 Å². The Morgan fingerprint density at radius 2 is 1.87 bits per heavy atom. The standard InChI is InChI=1S/C16H21F2N5O2S.C3H8O2/c1-25-16(26)21-9-11(19)8-20-12-6-13(17)15(14(18)7-12)23-4-2-22(10-24)3-5-23;1-3(5)2-4/h6-8,10,20H,2-5,9,19H2,1H3,(H,21,26);3-5H,2H2,1H3/b11-8-;. The van der Waals surface area contributed by atoms with Gasteiger partial charge in [0.2, 0.25) is 6.41 Å². The van der Waals surface area contributed by atoms with Crippen molar-refractivity contribution in [1.82, 2.24) is 10.2 Å². The summed E-state index contributed by atoms with van der Waals surface area (Å²) in [6, 6.07) is 2.39. The Kier molecular flexibility index (Phi) is 11.5. The molecule has 0 aromatic heterocycles. The predicted molar refractivity (Wildman–Crippen MR) is 118 cm³/mol. The molecule has 1 aromatic carbocycles. The van der Waals surface area contributed by atoms with Crippen LogP contribution in [0.1, 0.15) is 6.92 Å². The smallest absolute Gasteiger partial charge is 0.256 e. The number of rotatable bonds is 7. The highest BCUT2D eigenvalue weighted by Crippen LogP contribution is 2.28. The van der Waals surface area contributed by atoms with Crippen LogP contribution in [0.5, 0.6) is 0 Å². The Balaban J connectivity index is 0.000000861. The molecule has 174 valence electrons. The number of ether oxygens (including phenoxy) is 1. The average molecular weight is 462 g/mol. The van der Waals surface area contributed by atoms with Crippen LogP contribution in [0.25, 0.3) is 0 Å². The van der Waals surface area contributed by atoms with Crippen LogP contribution in [0.2, 0.25) is 0 Å². The second kappa shape index (κ2) is 13.6. The molecule has 12 heteroatoms. The quantitative estimate of drug-likeness (QED) is 0.289. The first-order valence-electron chi connectivity index (χ1n) is 9.46. The molecule has 1 atom stereocenters. The number of halogens is 2. The van der Waals surface area contributed by atoms with Gasteiger partial charge in [-0.25, -0.2) is 8.78 Å². The zero-order valence-electron chi connectivity index (χ0n) is 17.5. The van der Waals surface area contributed by atoms with Gasteiger partial charge < -0.3 is 41.1 Å². The lowest BCUT2D eigenvalue weighted by atomic mass is 10.2. The number of hydrogen-bond donors (Lipinski definition) is 5. The van der Waals surface area contributed by atoms with Crippen molar-refractivity contribution in [2.24, 2.45) is 5.73 Å². The zero-order chi connectivity index (χ0) is 23.4. The Morgan fingerprint density at radius 3 is 2.32 bits per heavy atom. The van der Waals surface area contributed by atoms with Crippen molar-refractivity contribution in [2.45, 2.75) is 13.0 Å². The lowest BCUT2D eigenvalue weighted by Crippen LogP contribution is -2.46. The summed E-state index contributed by atoms with van der Waals surface area (Å²) in [6.45, 7) is 3.22. The summed E-state index contributed by atoms with van der Waals surface area (Å²) in [7, 11) is 1.43. The van der Waals surface area contributed by atoms with Crippen molar-refractivity contribution < 1.29 is 28.5 Å². The van der Waals surface area contributed by atoms with Gasteiger partial charge in [0.1, 0.15) is 5.69 Å². The van der Waals surface area contributed by atoms with Crippen molar-refractivity contribution >= 4 is 35.2 Å². The van der Waals surface area contributed by atoms with E-state index in [1.165, 1.54) is 32.4 Å². The molecule has 1 amide bonds. The third kappa shape index (κ3) is 9.32. The first kappa shape index (κ1) is 26.3. The molecule has 0 radical (unpaired) electrons. The lowest BCUT2D eigenvalue weighted by molar-refractivity contribution is -0.118. The number of nitrogens with two attached hydrogens (primary N) is 1. The number of aliphatic hydroxyl groups excluding tert-OH is 2. The fraction of sp³-hybridized carbons (Fsp3) is 0.474. The summed E-state index contributed by atoms with van der Waals surface area (Å²) in [6.07, 6.45) is 1.60. The number of benzene rings is 1. The number of anilines is 2. The molecule has 6 N–H and O–H groups in total. The monoisotopic (exact) mass is 461 g/mol. The number of methoxy groups -OCH3 is 1. The molecular weight excluding hydrogens is 432 g/mol. The van der Waals surface area contributed by atoms with Crippen molar-refractivity contribution in [3.8, 4) is 0 Å². The molecule has 1 heterocycles. The van der Waals surface area contributed by atoms with Gasteiger partial charge in [-0.2, -0.15) is 0 Å². The van der Waals surface area contributed by atoms with Gasteiger partial charge in [0, 0.05) is 43.8 Å². The second-order valence-corrected chi connectivity index (χ2v) is 7.03. The fourth-order valence-corrected chi connectivity index (χ4v) is 2.55. The van der Waals surface area contributed by atoms with Crippen molar-refractivity contribution in [1.29, 1.82) is 0 Å². The Labute approximate surface area is 185 Å². The molecule has 0 bridgehead atoms. The van der Waals surface area contributed by atoms with E-state index in [2.05, 4.69) is 10.6 Å². The average Bonchev–Trinajstić information content (AvgIpc) is 2.76. The summed E-state index contributed by atoms with van der Waals surface area (Å²) in [5, 5.41) is 21.7. The number of carbonyl (C=O) groups excluding carboxylic acids is 1. The molecule has 0 saturated carbocycles. The first-order chi connectivity index (χ1) is 14.7. The maximum atomic E-state index is 14.4. The van der Waals surface area contributed by atoms with Crippen molar-refractivity contribution in [2.75, 3.05) is 56.7 Å². The molecular formula is C19H29F2N5O4S. The van der Waals surface area contributed by atoms with Gasteiger partial charge in [0.15, 0.2) is 11.6 Å². The first-order valence-corrected chi connectivity index (χ1v) is 9.87. The third-order valence-electron chi connectivity index (χ3n) is 4.11. The van der Waals surface area contributed by atoms with Gasteiger partial charge in [0.05, 0.1) is 26.4 Å². The van der Waals surface area contributed by atoms with Gasteiger partial charge in [-0.15, -0.1) is 0 Å². The highest BCUT2D eigenvalue weighted by Gasteiger charge is 2.22. The largest absolute Gasteiger partial charge is 0.474 e. The third-order valence-corrected chi connectivity index (χ3v) is 4.42. The highest BCUT2D eigenvalue weighted by atomic mass is 32.1. The molecule has 1 saturated heterocycles. The van der Waals surface area contributed by atoms with Crippen LogP contribution in [0, 0.1) is 11.6 Å². The van der Waals surface area contributed by atoms with Gasteiger partial charge in [-0.1, -0.05) is 0 Å². The molecule has 1 unspecified atom stereocenters. The number of aliphatic hydroxyl groups is 2. The molecule has 1 aromatic rings. The molecule has 0 spiro atoms. The van der Waals surface area contributed by atoms with Crippen molar-refractivity contribution in [3.05, 3.63) is 35.7 Å². The Morgan fingerprint density at radius 1 is 1.32 bits per heavy atom. The number of hydrogen-bond acceptors (Lipinski definition) is 8. The topological polar surface area (TPSA) is 123 Å². The number of thiocarbonyl (C=S) groups is 1. The summed E-state index contributed by atoms with van der Waals surface area (Å²) < 4.78 is 33.6. The number of nitrogens with zero attached hydrogens (tertiary/aromatic N) is 2. The van der Waals surface area contributed by atoms with E-state index in [9.17, 15) is 13.6 Å². The van der Waals surface area contributed by atoms with E-state index in [0.29, 0.717) is 31.9 Å². The van der Waals surface area contributed by atoms with Crippen molar-refractivity contribution in [3.63, 3.8) is 0 Å². The van der Waals surface area contributed by atoms with Crippen LogP contribution >= 0.6 is 12.2 Å². The highest BCUT2D eigenvalue weighted by molar-refractivity contribution is 7.80. The zero-order valence-corrected chi connectivity index (χ0v) is 18.3. The number of amides is 1. The maximum Gasteiger partial charge on any atom is 0.256 e. The summed E-state index contributed by atoms with van der Waals surface area (Å²) in [5.41, 5.74) is 6.28. The van der Waals surface area contributed by atoms with Gasteiger partial charge in [0.25, 0.3) is 5.17 Å². The van der Waals surface area contributed by atoms with E-state index < -0.39 is 17.7 Å². The SMILES string of the molecule is CC(O)CO.COC(=S)NC/C(N)=C/Nc1cc(F)c(N2CCN(C=O)CC2)c(F)c1. The molecule has 1 fully saturated rings. The van der Waals surface area contributed by atoms with Crippen LogP contribution in [0.15, 0.2) is 24.0 Å². The fourth-order valence-electron chi connectivity index (χ4n) is 2.48. The molecule has 9 nitrogen and oxygen atoms in total. The number of nitrogens with one attached hydrogen (secondary N) is 2. The summed E-state index contributed by atoms with van der Waals surface area (Å²) in [4.78, 5) is 13.9. The lowest BCUT2D eigenvalue weighted by Gasteiger charge is -2.34. The maximum absolute atomic E-state index is 14.4. The van der Waals surface area contributed by atoms with E-state index in [0.717, 1.165) is 6.41 Å². The van der Waals surface area contributed by atoms with Crippen LogP contribution < -0.4 is 21.3 Å². The molecule has 31 heavy (non-hydrogen) atoms. The Bertz CT molecular complexity index is 736. The van der Waals surface area contributed by atoms with E-state index in [1.54, 1.807) is 9.80 Å². The summed E-state index contributed by atoms with van der Waals surface area (Å²) in [5.74, 6) is -1.37. The minimum absolute atomic E-state index is 0.0924. The van der Waals surface area contributed by atoms with Gasteiger partial charge in [-0.05, 0) is 31.3 Å². The number of carbonyl (C=O) groups is 1. The van der Waals surface area contributed by atoms with Crippen LogP contribution in [-0.4, -0.2) is 79.2 Å². The van der Waals surface area contributed by atoms with Crippen LogP contribution in [0.3, 0.4) is 0 Å². The minimum atomic E-state index is -0.683. The van der Waals surface area contributed by atoms with E-state index in [1.807, 2.05) is 0 Å². The summed E-state index contributed by atoms with van der Waals surface area (Å²) >= 11 is 4.81. The number of piperazine rings is 1. The van der Waals surface area contributed by atoms with Gasteiger partial charge in [-0.3, -0.25) is 4.79 Å². The Hall–Kier alpha value is -2.70. The van der Waals surface area contributed by atoms with E-state index in [-0.39, 0.29) is 29.7 Å². The van der Waals surface area contributed by atoms with Crippen LogP contribution in [0.4, 0.5) is 20.2 Å². The second-order valence-electron chi connectivity index (χ2n) is 6.66. The molecule has 0 aliphatic carbocycles. The van der Waals surface area contributed by atoms with E-state index >= 15 is 0 Å². The normalized spacial score (nSPS) is 14.8. The minimum Gasteiger partial charge on any atom is -0.474 e. The molecule has 1 aliphatic heterocycles. The molecule has 2 rings (SSSR count). The predicted octanol–water partition coefficient (Wildman–Crippen LogP) is 0.336. The van der Waals surface area contributed by atoms with E-state index in [4.69, 9.17) is 32.9 Å². The van der Waals surface area contributed by atoms with Crippen LogP contribution in [-0.2, 0) is 9.53 Å². The molecule has 1 aliphatic rings.